The van der Waals surface area contributed by atoms with Crippen LogP contribution in [0, 0.1) is 0 Å². The molecule has 0 radical (unpaired) electrons. The van der Waals surface area contributed by atoms with Crippen molar-refractivity contribution in [2.45, 2.75) is 19.9 Å². The third-order valence-corrected chi connectivity index (χ3v) is 4.29. The van der Waals surface area contributed by atoms with Crippen molar-refractivity contribution in [2.75, 3.05) is 25.0 Å². The summed E-state index contributed by atoms with van der Waals surface area (Å²) >= 11 is 0. The Hall–Kier alpha value is -3.42. The Morgan fingerprint density at radius 2 is 1.82 bits per heavy atom. The number of aromatic nitrogens is 1. The van der Waals surface area contributed by atoms with Gasteiger partial charge < -0.3 is 20.2 Å². The van der Waals surface area contributed by atoms with E-state index in [2.05, 4.69) is 10.3 Å². The number of benzene rings is 1. The number of carboxylic acids is 1. The Morgan fingerprint density at radius 3 is 2.36 bits per heavy atom. The lowest BCUT2D eigenvalue weighted by molar-refractivity contribution is -0.141. The molecule has 0 saturated heterocycles. The van der Waals surface area contributed by atoms with Crippen molar-refractivity contribution in [3.63, 3.8) is 0 Å². The van der Waals surface area contributed by atoms with Crippen molar-refractivity contribution in [3.8, 4) is 0 Å². The van der Waals surface area contributed by atoms with E-state index in [4.69, 9.17) is 0 Å². The van der Waals surface area contributed by atoms with Gasteiger partial charge in [0.1, 0.15) is 11.9 Å². The van der Waals surface area contributed by atoms with Gasteiger partial charge in [0.15, 0.2) is 0 Å². The number of carbonyl (C=O) groups is 3. The average Bonchev–Trinajstić information content (AvgIpc) is 2.70. The fourth-order valence-corrected chi connectivity index (χ4v) is 2.62. The molecule has 0 fully saturated rings. The number of aliphatic carboxylic acids is 1. The number of carboxylic acid groups (broad SMARTS) is 1. The largest absolute Gasteiger partial charge is 0.480 e. The molecule has 2 N–H and O–H groups in total. The number of hydrogen-bond donors (Lipinski definition) is 2. The number of nitrogens with zero attached hydrogens (tertiary/aromatic N) is 3. The fraction of sp³-hybridized carbons (Fsp3) is 0.300. The summed E-state index contributed by atoms with van der Waals surface area (Å²) in [6.45, 7) is 3.04. The summed E-state index contributed by atoms with van der Waals surface area (Å²) in [6.07, 6.45) is 1.43. The van der Waals surface area contributed by atoms with Crippen LogP contribution in [0.4, 0.5) is 11.5 Å². The molecule has 2 rings (SSSR count). The molecule has 28 heavy (non-hydrogen) atoms. The van der Waals surface area contributed by atoms with Crippen LogP contribution in [0.2, 0.25) is 0 Å². The first-order chi connectivity index (χ1) is 13.3. The third-order valence-electron chi connectivity index (χ3n) is 4.29. The molecule has 1 atom stereocenters. The first-order valence-corrected chi connectivity index (χ1v) is 8.84. The maximum absolute atomic E-state index is 12.8. The number of nitrogens with one attached hydrogen (secondary N) is 1. The number of amides is 2. The van der Waals surface area contributed by atoms with E-state index < -0.39 is 17.9 Å². The Balaban J connectivity index is 2.17. The van der Waals surface area contributed by atoms with E-state index in [9.17, 15) is 19.5 Å². The minimum atomic E-state index is -1.12. The number of anilines is 2. The summed E-state index contributed by atoms with van der Waals surface area (Å²) in [5.74, 6) is -1.17. The Labute approximate surface area is 163 Å². The van der Waals surface area contributed by atoms with Crippen LogP contribution in [0.3, 0.4) is 0 Å². The molecule has 1 unspecified atom stereocenters. The minimum Gasteiger partial charge on any atom is -0.480 e. The van der Waals surface area contributed by atoms with E-state index in [1.807, 2.05) is 42.3 Å². The topological polar surface area (TPSA) is 103 Å². The second kappa shape index (κ2) is 9.50. The summed E-state index contributed by atoms with van der Waals surface area (Å²) in [7, 11) is 1.87. The van der Waals surface area contributed by atoms with Gasteiger partial charge in [-0.25, -0.2) is 9.78 Å². The molecule has 0 spiro atoms. The van der Waals surface area contributed by atoms with E-state index >= 15 is 0 Å². The normalized spacial score (nSPS) is 11.4. The Kier molecular flexibility index (Phi) is 7.08. The standard InChI is InChI=1S/C20H24N4O4/c1-14(20(27)28)24(12-11-21-15(2)25)19(26)16-9-10-18(22-13-16)23(3)17-7-5-4-6-8-17/h4-10,13-14H,11-12H2,1-3H3,(H,21,25)(H,27,28). The lowest BCUT2D eigenvalue weighted by Crippen LogP contribution is -2.46. The van der Waals surface area contributed by atoms with Gasteiger partial charge in [-0.1, -0.05) is 18.2 Å². The number of carbonyl (C=O) groups excluding carboxylic acids is 2. The first-order valence-electron chi connectivity index (χ1n) is 8.84. The van der Waals surface area contributed by atoms with E-state index in [1.54, 1.807) is 12.1 Å². The van der Waals surface area contributed by atoms with E-state index in [1.165, 1.54) is 24.9 Å². The maximum Gasteiger partial charge on any atom is 0.326 e. The molecule has 2 aromatic rings. The van der Waals surface area contributed by atoms with Crippen molar-refractivity contribution in [1.29, 1.82) is 0 Å². The van der Waals surface area contributed by atoms with Crippen LogP contribution in [0.5, 0.6) is 0 Å². The quantitative estimate of drug-likeness (QED) is 0.721. The number of rotatable bonds is 8. The van der Waals surface area contributed by atoms with Crippen LogP contribution >= 0.6 is 0 Å². The zero-order chi connectivity index (χ0) is 20.7. The molecular formula is C20H24N4O4. The van der Waals surface area contributed by atoms with Crippen molar-refractivity contribution in [2.24, 2.45) is 0 Å². The molecule has 1 aromatic heterocycles. The minimum absolute atomic E-state index is 0.0809. The highest BCUT2D eigenvalue weighted by Gasteiger charge is 2.26. The van der Waals surface area contributed by atoms with Crippen molar-refractivity contribution < 1.29 is 19.5 Å². The van der Waals surface area contributed by atoms with Crippen LogP contribution in [0.15, 0.2) is 48.7 Å². The number of hydrogen-bond acceptors (Lipinski definition) is 5. The molecule has 0 saturated carbocycles. The van der Waals surface area contributed by atoms with Gasteiger partial charge in [0.05, 0.1) is 5.56 Å². The molecule has 0 aliphatic rings. The Bertz CT molecular complexity index is 824. The molecule has 1 aromatic carbocycles. The predicted octanol–water partition coefficient (Wildman–Crippen LogP) is 1.90. The van der Waals surface area contributed by atoms with Gasteiger partial charge in [0, 0.05) is 38.9 Å². The second-order valence-corrected chi connectivity index (χ2v) is 6.30. The second-order valence-electron chi connectivity index (χ2n) is 6.30. The summed E-state index contributed by atoms with van der Waals surface area (Å²) < 4.78 is 0. The highest BCUT2D eigenvalue weighted by Crippen LogP contribution is 2.21. The number of para-hydroxylation sites is 1. The van der Waals surface area contributed by atoms with Crippen molar-refractivity contribution in [1.82, 2.24) is 15.2 Å². The fourth-order valence-electron chi connectivity index (χ4n) is 2.62. The molecule has 8 heteroatoms. The van der Waals surface area contributed by atoms with Gasteiger partial charge in [-0.2, -0.15) is 0 Å². The van der Waals surface area contributed by atoms with Gasteiger partial charge in [-0.3, -0.25) is 9.59 Å². The lowest BCUT2D eigenvalue weighted by atomic mass is 10.2. The van der Waals surface area contributed by atoms with E-state index in [0.717, 1.165) is 5.69 Å². The van der Waals surface area contributed by atoms with Crippen LogP contribution in [-0.4, -0.2) is 59.0 Å². The van der Waals surface area contributed by atoms with Crippen LogP contribution in [0.1, 0.15) is 24.2 Å². The number of pyridine rings is 1. The molecule has 0 aliphatic heterocycles. The summed E-state index contributed by atoms with van der Waals surface area (Å²) in [6, 6.07) is 11.9. The van der Waals surface area contributed by atoms with Gasteiger partial charge in [-0.15, -0.1) is 0 Å². The van der Waals surface area contributed by atoms with Gasteiger partial charge in [-0.05, 0) is 31.2 Å². The lowest BCUT2D eigenvalue weighted by Gasteiger charge is -2.27. The molecule has 0 bridgehead atoms. The van der Waals surface area contributed by atoms with Crippen LogP contribution in [-0.2, 0) is 9.59 Å². The SMILES string of the molecule is CC(=O)NCCN(C(=O)c1ccc(N(C)c2ccccc2)nc1)C(C)C(=O)O. The molecule has 1 heterocycles. The monoisotopic (exact) mass is 384 g/mol. The summed E-state index contributed by atoms with van der Waals surface area (Å²) in [5.41, 5.74) is 1.23. The zero-order valence-corrected chi connectivity index (χ0v) is 16.1. The molecular weight excluding hydrogens is 360 g/mol. The Morgan fingerprint density at radius 1 is 1.14 bits per heavy atom. The van der Waals surface area contributed by atoms with Crippen molar-refractivity contribution >= 4 is 29.3 Å². The van der Waals surface area contributed by atoms with Crippen LogP contribution < -0.4 is 10.2 Å². The smallest absolute Gasteiger partial charge is 0.326 e. The first kappa shape index (κ1) is 20.9. The molecule has 2 amide bonds. The summed E-state index contributed by atoms with van der Waals surface area (Å²) in [4.78, 5) is 42.6. The molecule has 148 valence electrons. The van der Waals surface area contributed by atoms with Crippen molar-refractivity contribution in [3.05, 3.63) is 54.2 Å². The van der Waals surface area contributed by atoms with Gasteiger partial charge in [0.2, 0.25) is 5.91 Å². The van der Waals surface area contributed by atoms with Gasteiger partial charge in [0.25, 0.3) is 5.91 Å². The maximum atomic E-state index is 12.8. The predicted molar refractivity (Wildman–Crippen MR) is 106 cm³/mol. The molecule has 0 aliphatic carbocycles. The average molecular weight is 384 g/mol. The highest BCUT2D eigenvalue weighted by atomic mass is 16.4. The van der Waals surface area contributed by atoms with E-state index in [-0.39, 0.29) is 24.6 Å². The van der Waals surface area contributed by atoms with E-state index in [0.29, 0.717) is 5.82 Å². The van der Waals surface area contributed by atoms with Crippen LogP contribution in [0.25, 0.3) is 0 Å². The summed E-state index contributed by atoms with van der Waals surface area (Å²) in [5, 5.41) is 11.9. The van der Waals surface area contributed by atoms with Gasteiger partial charge >= 0.3 is 5.97 Å². The zero-order valence-electron chi connectivity index (χ0n) is 16.1. The molecule has 8 nitrogen and oxygen atoms in total. The third kappa shape index (κ3) is 5.29. The highest BCUT2D eigenvalue weighted by molar-refractivity contribution is 5.96.